The highest BCUT2D eigenvalue weighted by atomic mass is 79.9. The number of allylic oxidation sites excluding steroid dienone is 5. The molecule has 15 aromatic rings. The molecule has 5 saturated heterocycles. The third kappa shape index (κ3) is 17.0. The fraction of sp³-hybridized carbons (Fsp3) is 0.310. The molecule has 0 radical (unpaired) electrons. The first-order valence-electron chi connectivity index (χ1n) is 44.5. The largest absolute Gasteiger partial charge is 0.341 e. The van der Waals surface area contributed by atoms with Crippen LogP contribution in [-0.2, 0) is 32.1 Å². The minimum atomic E-state index is -0.218. The van der Waals surface area contributed by atoms with Gasteiger partial charge in [0, 0.05) is 138 Å². The zero-order chi connectivity index (χ0) is 86.6. The number of hydrogen-bond donors (Lipinski definition) is 0. The molecule has 0 spiro atoms. The molecule has 16 heterocycles. The first-order chi connectivity index (χ1) is 62.8. The Bertz CT molecular complexity index is 6840. The fourth-order valence-electron chi connectivity index (χ4n) is 19.1. The van der Waals surface area contributed by atoms with Gasteiger partial charge in [-0.2, -0.15) is 0 Å². The second kappa shape index (κ2) is 37.8. The summed E-state index contributed by atoms with van der Waals surface area (Å²) < 4.78 is 39.8. The second-order valence-electron chi connectivity index (χ2n) is 33.8. The van der Waals surface area contributed by atoms with Crippen LogP contribution in [0.4, 0.5) is 38.5 Å². The zero-order valence-corrected chi connectivity index (χ0v) is 82.6. The number of aryl methyl sites for hydroxylation is 1. The van der Waals surface area contributed by atoms with Crippen molar-refractivity contribution in [3.05, 3.63) is 219 Å². The minimum absolute atomic E-state index is 0.136. The molecule has 5 aliphatic carbocycles. The number of pyridine rings is 1. The normalized spacial score (nSPS) is 16.5. The molecule has 0 unspecified atom stereocenters. The SMILES string of the molecule is Brc1csc2c(-c3cccc4c3C=CC4)nc(N3CCCCC3)nc12.Brc1csc2c(-c3ccnc4c3C=CC4)nc(N3CCCCC3)nc12.Cc1sc2c(-c3cccc4c3C=CC4)nc(N3CCCCC3)nc2c1Br.Fc1ccc(-c2nc(N3CCCCC3)nc3c(Br)csc23)c2c1CC=C2.Fc1ccc2c(c1-c1nc(N3CCCCC3)nc3c(Br)csc13)C=CC2. The Balaban J connectivity index is 0.0000000972. The molecular formula is C100H89Br5F2N16S5. The topological polar surface area (TPSA) is 158 Å². The number of piperidine rings is 5. The van der Waals surface area contributed by atoms with Gasteiger partial charge >= 0.3 is 0 Å². The molecule has 0 saturated carbocycles. The van der Waals surface area contributed by atoms with E-state index in [4.69, 9.17) is 49.8 Å². The summed E-state index contributed by atoms with van der Waals surface area (Å²) in [5, 5.41) is 8.31. The van der Waals surface area contributed by atoms with Crippen LogP contribution in [0.2, 0.25) is 0 Å². The van der Waals surface area contributed by atoms with Crippen molar-refractivity contribution < 1.29 is 8.78 Å². The van der Waals surface area contributed by atoms with Gasteiger partial charge in [-0.25, -0.2) is 58.6 Å². The molecule has 4 aromatic carbocycles. The van der Waals surface area contributed by atoms with Gasteiger partial charge in [0.2, 0.25) is 29.7 Å². The molecule has 11 aromatic heterocycles. The summed E-state index contributed by atoms with van der Waals surface area (Å²) in [6, 6.07) is 22.1. The van der Waals surface area contributed by atoms with Gasteiger partial charge in [0.15, 0.2) is 0 Å². The Morgan fingerprint density at radius 3 is 1.10 bits per heavy atom. The smallest absolute Gasteiger partial charge is 0.226 e. The predicted octanol–water partition coefficient (Wildman–Crippen LogP) is 28.4. The van der Waals surface area contributed by atoms with Crippen LogP contribution in [-0.4, -0.2) is 120 Å². The van der Waals surface area contributed by atoms with Crippen molar-refractivity contribution in [2.75, 3.05) is 89.9 Å². The summed E-state index contributed by atoms with van der Waals surface area (Å²) in [6.07, 6.45) is 46.2. The Morgan fingerprint density at radius 1 is 0.312 bits per heavy atom. The molecular weight excluding hydrogens is 2020 g/mol. The van der Waals surface area contributed by atoms with Gasteiger partial charge in [0.05, 0.1) is 80.0 Å². The summed E-state index contributed by atoms with van der Waals surface area (Å²) in [5.41, 5.74) is 26.6. The molecule has 5 aliphatic heterocycles. The molecule has 25 rings (SSSR count). The van der Waals surface area contributed by atoms with Crippen LogP contribution in [0.15, 0.2) is 147 Å². The van der Waals surface area contributed by atoms with Crippen molar-refractivity contribution in [3.63, 3.8) is 0 Å². The van der Waals surface area contributed by atoms with Gasteiger partial charge in [0.25, 0.3) is 0 Å². The molecule has 128 heavy (non-hydrogen) atoms. The number of aromatic nitrogens is 11. The first kappa shape index (κ1) is 85.9. The number of fused-ring (bicyclic) bond motifs is 10. The van der Waals surface area contributed by atoms with E-state index in [0.29, 0.717) is 23.6 Å². The molecule has 10 aliphatic rings. The maximum atomic E-state index is 14.9. The third-order valence-electron chi connectivity index (χ3n) is 25.6. The minimum Gasteiger partial charge on any atom is -0.341 e. The van der Waals surface area contributed by atoms with Crippen LogP contribution in [0.25, 0.3) is 138 Å². The molecule has 648 valence electrons. The number of hydrogen-bond acceptors (Lipinski definition) is 21. The lowest BCUT2D eigenvalue weighted by molar-refractivity contribution is 0.569. The highest BCUT2D eigenvalue weighted by Crippen LogP contribution is 2.49. The molecule has 0 N–H and O–H groups in total. The van der Waals surface area contributed by atoms with E-state index in [1.165, 1.54) is 142 Å². The van der Waals surface area contributed by atoms with Crippen LogP contribution in [0.1, 0.15) is 157 Å². The number of benzene rings is 4. The molecule has 28 heteroatoms. The Kier molecular flexibility index (Phi) is 25.4. The molecule has 0 atom stereocenters. The summed E-state index contributed by atoms with van der Waals surface area (Å²) in [7, 11) is 0. The summed E-state index contributed by atoms with van der Waals surface area (Å²) in [4.78, 5) is 66.7. The van der Waals surface area contributed by atoms with E-state index >= 15 is 0 Å². The van der Waals surface area contributed by atoms with Crippen LogP contribution in [0.5, 0.6) is 0 Å². The third-order valence-corrected chi connectivity index (χ3v) is 35.5. The average molecular weight is 2110 g/mol. The summed E-state index contributed by atoms with van der Waals surface area (Å²) in [5.74, 6) is 3.75. The van der Waals surface area contributed by atoms with Crippen molar-refractivity contribution in [2.24, 2.45) is 0 Å². The van der Waals surface area contributed by atoms with E-state index < -0.39 is 0 Å². The van der Waals surface area contributed by atoms with Crippen molar-refractivity contribution in [1.29, 1.82) is 0 Å². The average Bonchev–Trinajstić information content (AvgIpc) is 1.58. The number of anilines is 5. The van der Waals surface area contributed by atoms with E-state index in [9.17, 15) is 8.78 Å². The lowest BCUT2D eigenvalue weighted by atomic mass is 9.99. The van der Waals surface area contributed by atoms with Crippen LogP contribution < -0.4 is 24.5 Å². The summed E-state index contributed by atoms with van der Waals surface area (Å²) in [6.45, 7) is 12.4. The van der Waals surface area contributed by atoms with Crippen molar-refractivity contribution in [3.8, 4) is 56.3 Å². The van der Waals surface area contributed by atoms with E-state index in [1.54, 1.807) is 68.8 Å². The molecule has 0 amide bonds. The van der Waals surface area contributed by atoms with Gasteiger partial charge < -0.3 is 24.5 Å². The molecule has 16 nitrogen and oxygen atoms in total. The van der Waals surface area contributed by atoms with Gasteiger partial charge in [-0.3, -0.25) is 4.98 Å². The lowest BCUT2D eigenvalue weighted by Crippen LogP contribution is -2.31. The van der Waals surface area contributed by atoms with Crippen LogP contribution in [0.3, 0.4) is 0 Å². The Labute approximate surface area is 804 Å². The quantitative estimate of drug-likeness (QED) is 0.127. The Hall–Kier alpha value is -8.81. The maximum absolute atomic E-state index is 14.9. The lowest BCUT2D eigenvalue weighted by Gasteiger charge is -2.27. The van der Waals surface area contributed by atoms with Gasteiger partial charge in [-0.05, 0) is 277 Å². The molecule has 5 fully saturated rings. The first-order valence-corrected chi connectivity index (χ1v) is 52.8. The van der Waals surface area contributed by atoms with Gasteiger partial charge in [-0.15, -0.1) is 56.7 Å². The monoisotopic (exact) mass is 2110 g/mol. The van der Waals surface area contributed by atoms with Crippen molar-refractivity contribution in [1.82, 2.24) is 54.8 Å². The van der Waals surface area contributed by atoms with E-state index in [1.807, 2.05) is 41.9 Å². The zero-order valence-electron chi connectivity index (χ0n) is 70.6. The van der Waals surface area contributed by atoms with Gasteiger partial charge in [-0.1, -0.05) is 103 Å². The second-order valence-corrected chi connectivity index (χ2v) is 42.7. The highest BCUT2D eigenvalue weighted by molar-refractivity contribution is 9.11. The van der Waals surface area contributed by atoms with Crippen molar-refractivity contribution in [2.45, 2.75) is 135 Å². The molecule has 0 bridgehead atoms. The van der Waals surface area contributed by atoms with E-state index in [-0.39, 0.29) is 11.6 Å². The highest BCUT2D eigenvalue weighted by Gasteiger charge is 2.31. The summed E-state index contributed by atoms with van der Waals surface area (Å²) >= 11 is 26.8. The number of nitrogens with zero attached hydrogens (tertiary/aromatic N) is 16. The predicted molar refractivity (Wildman–Crippen MR) is 549 cm³/mol. The van der Waals surface area contributed by atoms with Gasteiger partial charge in [0.1, 0.15) is 39.2 Å². The Morgan fingerprint density at radius 2 is 0.656 bits per heavy atom. The number of rotatable bonds is 10. The van der Waals surface area contributed by atoms with E-state index in [0.717, 1.165) is 248 Å². The number of thiophene rings is 5. The fourth-order valence-corrected chi connectivity index (χ4v) is 27.0. The van der Waals surface area contributed by atoms with Crippen molar-refractivity contribution >= 4 is 248 Å². The standard InChI is InChI=1S/C21H20BrN3S.2C20H17BrFN3S.C20H18BrN3S.C19H17BrN4S/c1-13-17(22)19-20(26-13)18(16-10-6-8-14-7-5-9-15(14)16)23-21(24-19)25-11-3-2-4-12-25;21-15-11-26-19-17(14-7-8-16(22)13-6-4-5-12(13)14)23-20(24-18(15)19)25-9-2-1-3-10-25;21-14-11-26-19-17(14)23-20(25-9-2-1-3-10-25)24-18(19)16-13-6-4-5-12(13)7-8-15(16)22;21-16-12-25-19-17(15-9-5-7-13-6-4-8-14(13)15)22-20(23-18(16)19)24-10-2-1-3-11-24;20-14-11-25-18-16(13-7-8-21-15-6-4-5-12(13)15)22-19(23-17(14)18)24-9-2-1-3-10-24/h5-6,8-10H,2-4,7,11-12H2,1H3;4-5,7-8,11H,1-3,6,9-10H2;4,6-8,11H,1-3,5,9-10H2;4-5,7-9,12H,1-3,6,10-11H2;4-5,7-8,11H,1-3,6,9-10H2. The van der Waals surface area contributed by atoms with E-state index in [2.05, 4.69) is 217 Å². The van der Waals surface area contributed by atoms with Crippen LogP contribution >= 0.6 is 136 Å². The maximum Gasteiger partial charge on any atom is 0.226 e. The van der Waals surface area contributed by atoms with Crippen LogP contribution in [0, 0.1) is 18.6 Å². The number of halogens is 7.